The topological polar surface area (TPSA) is 37.3 Å². The number of rotatable bonds is 1. The Morgan fingerprint density at radius 2 is 2.29 bits per heavy atom. The van der Waals surface area contributed by atoms with Gasteiger partial charge >= 0.3 is 5.97 Å². The zero-order valence-corrected chi connectivity index (χ0v) is 10.6. The maximum Gasteiger partial charge on any atom is 0.306 e. The molecule has 0 saturated carbocycles. The lowest BCUT2D eigenvalue weighted by Gasteiger charge is -2.18. The monoisotopic (exact) mass is 266 g/mol. The molecule has 1 aromatic carbocycles. The van der Waals surface area contributed by atoms with Gasteiger partial charge in [0.2, 0.25) is 0 Å². The molecule has 1 aromatic heterocycles. The first kappa shape index (κ1) is 11.1. The van der Waals surface area contributed by atoms with Gasteiger partial charge in [0.05, 0.1) is 5.92 Å². The Morgan fingerprint density at radius 3 is 3.06 bits per heavy atom. The van der Waals surface area contributed by atoms with Gasteiger partial charge in [0, 0.05) is 20.0 Å². The number of benzene rings is 1. The van der Waals surface area contributed by atoms with E-state index in [1.807, 2.05) is 12.1 Å². The SMILES string of the molecule is O=C(O)C1CCc2c(sc3cccc(Cl)c23)C1. The molecule has 3 rings (SSSR count). The normalized spacial score (nSPS) is 19.2. The zero-order chi connectivity index (χ0) is 12.0. The molecule has 0 aliphatic heterocycles. The molecule has 0 fully saturated rings. The second kappa shape index (κ2) is 4.00. The van der Waals surface area contributed by atoms with E-state index in [0.717, 1.165) is 23.3 Å². The fraction of sp³-hybridized carbons (Fsp3) is 0.308. The minimum absolute atomic E-state index is 0.227. The van der Waals surface area contributed by atoms with Gasteiger partial charge < -0.3 is 5.11 Å². The highest BCUT2D eigenvalue weighted by Crippen LogP contribution is 2.41. The fourth-order valence-electron chi connectivity index (χ4n) is 2.50. The van der Waals surface area contributed by atoms with Crippen LogP contribution in [0, 0.1) is 5.92 Å². The molecule has 2 nitrogen and oxygen atoms in total. The molecule has 17 heavy (non-hydrogen) atoms. The second-order valence-electron chi connectivity index (χ2n) is 4.39. The number of thiophene rings is 1. The number of fused-ring (bicyclic) bond motifs is 3. The quantitative estimate of drug-likeness (QED) is 0.854. The first-order valence-electron chi connectivity index (χ1n) is 5.58. The summed E-state index contributed by atoms with van der Waals surface area (Å²) in [6, 6.07) is 5.90. The van der Waals surface area contributed by atoms with Crippen molar-refractivity contribution in [2.24, 2.45) is 5.92 Å². The number of carbonyl (C=O) groups is 1. The van der Waals surface area contributed by atoms with E-state index in [1.54, 1.807) is 11.3 Å². The van der Waals surface area contributed by atoms with Crippen molar-refractivity contribution in [3.05, 3.63) is 33.7 Å². The number of hydrogen-bond acceptors (Lipinski definition) is 2. The van der Waals surface area contributed by atoms with Gasteiger partial charge in [-0.3, -0.25) is 4.79 Å². The van der Waals surface area contributed by atoms with Crippen molar-refractivity contribution in [3.63, 3.8) is 0 Å². The van der Waals surface area contributed by atoms with Crippen LogP contribution in [0.15, 0.2) is 18.2 Å². The third-order valence-electron chi connectivity index (χ3n) is 3.37. The molecular formula is C13H11ClO2S. The minimum atomic E-state index is -0.681. The van der Waals surface area contributed by atoms with Crippen molar-refractivity contribution < 1.29 is 9.90 Å². The Balaban J connectivity index is 2.14. The molecule has 0 bridgehead atoms. The standard InChI is InChI=1S/C13H11ClO2S/c14-9-2-1-3-10-12(9)8-5-4-7(13(15)16)6-11(8)17-10/h1-3,7H,4-6H2,(H,15,16). The highest BCUT2D eigenvalue weighted by molar-refractivity contribution is 7.19. The lowest BCUT2D eigenvalue weighted by Crippen LogP contribution is -2.20. The van der Waals surface area contributed by atoms with Crippen LogP contribution in [-0.2, 0) is 17.6 Å². The summed E-state index contributed by atoms with van der Waals surface area (Å²) in [5, 5.41) is 11.0. The predicted octanol–water partition coefficient (Wildman–Crippen LogP) is 3.74. The van der Waals surface area contributed by atoms with Crippen molar-refractivity contribution in [2.75, 3.05) is 0 Å². The van der Waals surface area contributed by atoms with Crippen LogP contribution in [-0.4, -0.2) is 11.1 Å². The largest absolute Gasteiger partial charge is 0.481 e. The third-order valence-corrected chi connectivity index (χ3v) is 4.91. The molecule has 0 amide bonds. The van der Waals surface area contributed by atoms with E-state index in [2.05, 4.69) is 6.07 Å². The molecule has 1 aliphatic rings. The minimum Gasteiger partial charge on any atom is -0.481 e. The first-order chi connectivity index (χ1) is 8.16. The maximum atomic E-state index is 11.0. The van der Waals surface area contributed by atoms with Crippen molar-refractivity contribution in [1.82, 2.24) is 0 Å². The summed E-state index contributed by atoms with van der Waals surface area (Å²) in [6.07, 6.45) is 2.20. The lowest BCUT2D eigenvalue weighted by atomic mass is 9.88. The van der Waals surface area contributed by atoms with Gasteiger partial charge in [0.25, 0.3) is 0 Å². The van der Waals surface area contributed by atoms with E-state index >= 15 is 0 Å². The van der Waals surface area contributed by atoms with E-state index in [9.17, 15) is 4.79 Å². The van der Waals surface area contributed by atoms with Crippen LogP contribution in [0.1, 0.15) is 16.9 Å². The van der Waals surface area contributed by atoms with Crippen LogP contribution < -0.4 is 0 Å². The molecule has 1 atom stereocenters. The number of hydrogen-bond donors (Lipinski definition) is 1. The Kier molecular flexibility index (Phi) is 2.60. The Bertz CT molecular complexity index is 603. The average molecular weight is 267 g/mol. The van der Waals surface area contributed by atoms with Crippen LogP contribution in [0.5, 0.6) is 0 Å². The summed E-state index contributed by atoms with van der Waals surface area (Å²) in [6.45, 7) is 0. The molecular weight excluding hydrogens is 256 g/mol. The molecule has 0 saturated heterocycles. The summed E-state index contributed by atoms with van der Waals surface area (Å²) in [5.74, 6) is -0.909. The van der Waals surface area contributed by atoms with Crippen molar-refractivity contribution in [1.29, 1.82) is 0 Å². The van der Waals surface area contributed by atoms with E-state index in [4.69, 9.17) is 16.7 Å². The van der Waals surface area contributed by atoms with E-state index in [0.29, 0.717) is 6.42 Å². The van der Waals surface area contributed by atoms with Gasteiger partial charge in [0.1, 0.15) is 0 Å². The molecule has 2 aromatic rings. The van der Waals surface area contributed by atoms with Gasteiger partial charge in [-0.15, -0.1) is 11.3 Å². The molecule has 0 spiro atoms. The smallest absolute Gasteiger partial charge is 0.306 e. The van der Waals surface area contributed by atoms with Gasteiger partial charge in [-0.2, -0.15) is 0 Å². The van der Waals surface area contributed by atoms with Crippen molar-refractivity contribution in [2.45, 2.75) is 19.3 Å². The molecule has 1 unspecified atom stereocenters. The number of aryl methyl sites for hydroxylation is 1. The van der Waals surface area contributed by atoms with Gasteiger partial charge in [-0.25, -0.2) is 0 Å². The Morgan fingerprint density at radius 1 is 1.47 bits per heavy atom. The molecule has 1 heterocycles. The number of carboxylic acids is 1. The fourth-order valence-corrected chi connectivity index (χ4v) is 4.20. The van der Waals surface area contributed by atoms with E-state index in [-0.39, 0.29) is 5.92 Å². The van der Waals surface area contributed by atoms with Crippen LogP contribution in [0.25, 0.3) is 10.1 Å². The van der Waals surface area contributed by atoms with E-state index < -0.39 is 5.97 Å². The number of aliphatic carboxylic acids is 1. The highest BCUT2D eigenvalue weighted by atomic mass is 35.5. The number of halogens is 1. The molecule has 1 N–H and O–H groups in total. The highest BCUT2D eigenvalue weighted by Gasteiger charge is 2.27. The Labute approximate surface area is 108 Å². The number of carboxylic acid groups (broad SMARTS) is 1. The molecule has 4 heteroatoms. The molecule has 1 aliphatic carbocycles. The molecule has 0 radical (unpaired) electrons. The van der Waals surface area contributed by atoms with Gasteiger partial charge in [-0.05, 0) is 37.0 Å². The summed E-state index contributed by atoms with van der Waals surface area (Å²) in [7, 11) is 0. The Hall–Kier alpha value is -1.06. The predicted molar refractivity (Wildman–Crippen MR) is 70.0 cm³/mol. The first-order valence-corrected chi connectivity index (χ1v) is 6.78. The van der Waals surface area contributed by atoms with Crippen LogP contribution in [0.4, 0.5) is 0 Å². The van der Waals surface area contributed by atoms with Crippen LogP contribution in [0.2, 0.25) is 5.02 Å². The van der Waals surface area contributed by atoms with E-state index in [1.165, 1.54) is 15.1 Å². The average Bonchev–Trinajstić information content (AvgIpc) is 2.67. The van der Waals surface area contributed by atoms with Crippen LogP contribution >= 0.6 is 22.9 Å². The summed E-state index contributed by atoms with van der Waals surface area (Å²) < 4.78 is 1.17. The van der Waals surface area contributed by atoms with Gasteiger partial charge in [0.15, 0.2) is 0 Å². The summed E-state index contributed by atoms with van der Waals surface area (Å²) >= 11 is 7.91. The van der Waals surface area contributed by atoms with Crippen molar-refractivity contribution in [3.8, 4) is 0 Å². The second-order valence-corrected chi connectivity index (χ2v) is 5.94. The van der Waals surface area contributed by atoms with Crippen LogP contribution in [0.3, 0.4) is 0 Å². The third kappa shape index (κ3) is 1.74. The zero-order valence-electron chi connectivity index (χ0n) is 9.07. The maximum absolute atomic E-state index is 11.0. The van der Waals surface area contributed by atoms with Crippen molar-refractivity contribution >= 4 is 39.0 Å². The van der Waals surface area contributed by atoms with Gasteiger partial charge in [-0.1, -0.05) is 17.7 Å². The lowest BCUT2D eigenvalue weighted by molar-refractivity contribution is -0.142. The summed E-state index contributed by atoms with van der Waals surface area (Å²) in [4.78, 5) is 12.2. The summed E-state index contributed by atoms with van der Waals surface area (Å²) in [5.41, 5.74) is 1.27. The molecule has 88 valence electrons.